The molecule has 1 N–H and O–H groups in total. The molecule has 0 spiro atoms. The molecule has 0 unspecified atom stereocenters. The Kier molecular flexibility index (Phi) is 6.07. The van der Waals surface area contributed by atoms with E-state index in [9.17, 15) is 4.79 Å². The van der Waals surface area contributed by atoms with Gasteiger partial charge >= 0.3 is 0 Å². The van der Waals surface area contributed by atoms with Gasteiger partial charge in [0.1, 0.15) is 5.01 Å². The van der Waals surface area contributed by atoms with Gasteiger partial charge in [0.2, 0.25) is 5.91 Å². The quantitative estimate of drug-likeness (QED) is 0.526. The lowest BCUT2D eigenvalue weighted by Gasteiger charge is -2.13. The Labute approximate surface area is 163 Å². The lowest BCUT2D eigenvalue weighted by atomic mass is 10.0. The van der Waals surface area contributed by atoms with Crippen molar-refractivity contribution in [1.29, 1.82) is 0 Å². The number of carbonyl (C=O) groups excluding carboxylic acids is 1. The molecule has 1 aromatic heterocycles. The molecule has 0 aliphatic rings. The topological polar surface area (TPSA) is 42.0 Å². The van der Waals surface area contributed by atoms with Crippen molar-refractivity contribution in [3.63, 3.8) is 0 Å². The van der Waals surface area contributed by atoms with E-state index in [-0.39, 0.29) is 11.8 Å². The zero-order chi connectivity index (χ0) is 18.5. The molecule has 0 aliphatic heterocycles. The Morgan fingerprint density at radius 3 is 2.54 bits per heavy atom. The molecular formula is C21H21ClN2OS. The summed E-state index contributed by atoms with van der Waals surface area (Å²) in [6.45, 7) is 4.08. The fourth-order valence-electron chi connectivity index (χ4n) is 2.79. The molecule has 0 fully saturated rings. The number of benzene rings is 2. The summed E-state index contributed by atoms with van der Waals surface area (Å²) < 4.78 is 0. The highest BCUT2D eigenvalue weighted by atomic mass is 35.5. The Balaban J connectivity index is 1.80. The van der Waals surface area contributed by atoms with Crippen LogP contribution in [0.1, 0.15) is 26.7 Å². The standard InChI is InChI=1S/C21H21ClN2OS/c1-3-14(4-2)20(25)23-18-7-5-6-16(12-18)19-13-26-21(24-19)15-8-10-17(22)11-9-15/h5-14H,3-4H2,1-2H3,(H,23,25). The fraction of sp³-hybridized carbons (Fsp3) is 0.238. The number of hydrogen-bond acceptors (Lipinski definition) is 3. The highest BCUT2D eigenvalue weighted by Gasteiger charge is 2.14. The molecular weight excluding hydrogens is 364 g/mol. The van der Waals surface area contributed by atoms with E-state index < -0.39 is 0 Å². The second-order valence-corrected chi connectivity index (χ2v) is 7.42. The summed E-state index contributed by atoms with van der Waals surface area (Å²) in [7, 11) is 0. The third kappa shape index (κ3) is 4.32. The molecule has 0 saturated heterocycles. The van der Waals surface area contributed by atoms with E-state index in [1.807, 2.05) is 67.8 Å². The SMILES string of the molecule is CCC(CC)C(=O)Nc1cccc(-c2csc(-c3ccc(Cl)cc3)n2)c1. The number of hydrogen-bond donors (Lipinski definition) is 1. The number of nitrogens with zero attached hydrogens (tertiary/aromatic N) is 1. The fourth-order valence-corrected chi connectivity index (χ4v) is 3.75. The van der Waals surface area contributed by atoms with Crippen LogP contribution in [0.15, 0.2) is 53.9 Å². The first kappa shape index (κ1) is 18.6. The van der Waals surface area contributed by atoms with Gasteiger partial charge in [0.05, 0.1) is 5.69 Å². The molecule has 3 aromatic rings. The van der Waals surface area contributed by atoms with Crippen molar-refractivity contribution in [2.24, 2.45) is 5.92 Å². The highest BCUT2D eigenvalue weighted by molar-refractivity contribution is 7.13. The molecule has 5 heteroatoms. The number of thiazole rings is 1. The van der Waals surface area contributed by atoms with Gasteiger partial charge in [0.15, 0.2) is 0 Å². The minimum Gasteiger partial charge on any atom is -0.326 e. The number of rotatable bonds is 6. The highest BCUT2D eigenvalue weighted by Crippen LogP contribution is 2.30. The van der Waals surface area contributed by atoms with Crippen molar-refractivity contribution in [2.75, 3.05) is 5.32 Å². The van der Waals surface area contributed by atoms with Gasteiger partial charge in [-0.2, -0.15) is 0 Å². The average molecular weight is 385 g/mol. The zero-order valence-corrected chi connectivity index (χ0v) is 16.4. The summed E-state index contributed by atoms with van der Waals surface area (Å²) in [6.07, 6.45) is 1.69. The maximum absolute atomic E-state index is 12.3. The van der Waals surface area contributed by atoms with Gasteiger partial charge in [-0.05, 0) is 37.1 Å². The van der Waals surface area contributed by atoms with Gasteiger partial charge in [-0.25, -0.2) is 4.98 Å². The Hall–Kier alpha value is -2.17. The predicted molar refractivity (Wildman–Crippen MR) is 111 cm³/mol. The Morgan fingerprint density at radius 1 is 1.12 bits per heavy atom. The number of anilines is 1. The minimum absolute atomic E-state index is 0.0504. The summed E-state index contributed by atoms with van der Waals surface area (Å²) in [5.41, 5.74) is 3.74. The smallest absolute Gasteiger partial charge is 0.227 e. The number of carbonyl (C=O) groups is 1. The van der Waals surface area contributed by atoms with Crippen LogP contribution in [0, 0.1) is 5.92 Å². The largest absolute Gasteiger partial charge is 0.326 e. The Bertz CT molecular complexity index is 885. The van der Waals surface area contributed by atoms with Gasteiger partial charge in [0, 0.05) is 33.1 Å². The predicted octanol–water partition coefficient (Wildman–Crippen LogP) is 6.51. The van der Waals surface area contributed by atoms with Crippen LogP contribution in [0.4, 0.5) is 5.69 Å². The molecule has 1 amide bonds. The first-order valence-electron chi connectivity index (χ1n) is 8.73. The van der Waals surface area contributed by atoms with E-state index in [0.717, 1.165) is 40.4 Å². The van der Waals surface area contributed by atoms with Gasteiger partial charge in [-0.15, -0.1) is 11.3 Å². The van der Waals surface area contributed by atoms with Crippen molar-refractivity contribution < 1.29 is 4.79 Å². The van der Waals surface area contributed by atoms with Crippen LogP contribution in [-0.2, 0) is 4.79 Å². The van der Waals surface area contributed by atoms with Gasteiger partial charge in [-0.1, -0.05) is 49.7 Å². The molecule has 0 aliphatic carbocycles. The van der Waals surface area contributed by atoms with Crippen LogP contribution < -0.4 is 5.32 Å². The third-order valence-corrected chi connectivity index (χ3v) is 5.52. The van der Waals surface area contributed by atoms with E-state index in [0.29, 0.717) is 5.02 Å². The van der Waals surface area contributed by atoms with E-state index >= 15 is 0 Å². The number of aromatic nitrogens is 1. The summed E-state index contributed by atoms with van der Waals surface area (Å²) in [5, 5.41) is 6.72. The van der Waals surface area contributed by atoms with Gasteiger partial charge in [0.25, 0.3) is 0 Å². The normalized spacial score (nSPS) is 10.9. The van der Waals surface area contributed by atoms with Crippen LogP contribution in [0.3, 0.4) is 0 Å². The van der Waals surface area contributed by atoms with Crippen LogP contribution in [0.2, 0.25) is 5.02 Å². The summed E-state index contributed by atoms with van der Waals surface area (Å²) >= 11 is 7.54. The molecule has 0 atom stereocenters. The molecule has 26 heavy (non-hydrogen) atoms. The van der Waals surface area contributed by atoms with E-state index in [1.54, 1.807) is 11.3 Å². The van der Waals surface area contributed by atoms with Crippen molar-refractivity contribution in [1.82, 2.24) is 4.98 Å². The lowest BCUT2D eigenvalue weighted by Crippen LogP contribution is -2.21. The van der Waals surface area contributed by atoms with Crippen LogP contribution in [0.5, 0.6) is 0 Å². The van der Waals surface area contributed by atoms with Crippen LogP contribution in [-0.4, -0.2) is 10.9 Å². The third-order valence-electron chi connectivity index (χ3n) is 4.38. The summed E-state index contributed by atoms with van der Waals surface area (Å²) in [5.74, 6) is 0.127. The summed E-state index contributed by atoms with van der Waals surface area (Å²) in [6, 6.07) is 15.5. The van der Waals surface area contributed by atoms with Crippen molar-refractivity contribution in [2.45, 2.75) is 26.7 Å². The second-order valence-electron chi connectivity index (χ2n) is 6.13. The maximum atomic E-state index is 12.3. The summed E-state index contributed by atoms with van der Waals surface area (Å²) in [4.78, 5) is 17.0. The second kappa shape index (κ2) is 8.47. The number of halogens is 1. The maximum Gasteiger partial charge on any atom is 0.227 e. The van der Waals surface area contributed by atoms with Gasteiger partial charge < -0.3 is 5.32 Å². The molecule has 0 saturated carbocycles. The number of amides is 1. The minimum atomic E-state index is 0.0504. The lowest BCUT2D eigenvalue weighted by molar-refractivity contribution is -0.120. The molecule has 1 heterocycles. The Morgan fingerprint density at radius 2 is 1.85 bits per heavy atom. The first-order chi connectivity index (χ1) is 12.6. The van der Waals surface area contributed by atoms with Crippen LogP contribution in [0.25, 0.3) is 21.8 Å². The zero-order valence-electron chi connectivity index (χ0n) is 14.8. The monoisotopic (exact) mass is 384 g/mol. The first-order valence-corrected chi connectivity index (χ1v) is 9.99. The van der Waals surface area contributed by atoms with Gasteiger partial charge in [-0.3, -0.25) is 4.79 Å². The van der Waals surface area contributed by atoms with Crippen molar-refractivity contribution in [3.05, 3.63) is 58.9 Å². The average Bonchev–Trinajstić information content (AvgIpc) is 3.14. The molecule has 0 radical (unpaired) electrons. The van der Waals surface area contributed by atoms with E-state index in [1.165, 1.54) is 0 Å². The molecule has 3 nitrogen and oxygen atoms in total. The van der Waals surface area contributed by atoms with Crippen molar-refractivity contribution in [3.8, 4) is 21.8 Å². The molecule has 2 aromatic carbocycles. The van der Waals surface area contributed by atoms with E-state index in [4.69, 9.17) is 16.6 Å². The van der Waals surface area contributed by atoms with Crippen LogP contribution >= 0.6 is 22.9 Å². The number of nitrogens with one attached hydrogen (secondary N) is 1. The van der Waals surface area contributed by atoms with E-state index in [2.05, 4.69) is 5.32 Å². The molecule has 0 bridgehead atoms. The molecule has 134 valence electrons. The van der Waals surface area contributed by atoms with Crippen molar-refractivity contribution >= 4 is 34.5 Å². The molecule has 3 rings (SSSR count).